The van der Waals surface area contributed by atoms with Crippen LogP contribution in [0.15, 0.2) is 34.9 Å². The Balaban J connectivity index is 1.59. The molecule has 7 nitrogen and oxygen atoms in total. The van der Waals surface area contributed by atoms with Crippen molar-refractivity contribution in [2.75, 3.05) is 27.3 Å². The Hall–Kier alpha value is -2.54. The number of carbonyl (C=O) groups is 1. The Morgan fingerprint density at radius 3 is 2.96 bits per heavy atom. The number of hydrogen-bond donors (Lipinski definition) is 0. The maximum absolute atomic E-state index is 12.5. The van der Waals surface area contributed by atoms with E-state index in [1.54, 1.807) is 31.3 Å². The first-order valence-corrected chi connectivity index (χ1v) is 8.24. The number of amides is 1. The van der Waals surface area contributed by atoms with Crippen LogP contribution in [0.4, 0.5) is 0 Å². The van der Waals surface area contributed by atoms with E-state index in [0.717, 1.165) is 12.8 Å². The zero-order chi connectivity index (χ0) is 17.6. The lowest BCUT2D eigenvalue weighted by Gasteiger charge is -2.31. The van der Waals surface area contributed by atoms with Crippen LogP contribution in [-0.2, 0) is 11.3 Å². The molecule has 1 atom stereocenters. The van der Waals surface area contributed by atoms with Gasteiger partial charge < -0.3 is 23.6 Å². The van der Waals surface area contributed by atoms with Crippen LogP contribution in [0.5, 0.6) is 11.5 Å². The molecule has 1 aliphatic rings. The first-order chi connectivity index (χ1) is 12.2. The average molecular weight is 346 g/mol. The van der Waals surface area contributed by atoms with Crippen LogP contribution in [-0.4, -0.2) is 49.4 Å². The summed E-state index contributed by atoms with van der Waals surface area (Å²) in [6.45, 7) is 1.48. The van der Waals surface area contributed by atoms with Gasteiger partial charge >= 0.3 is 0 Å². The molecule has 0 saturated carbocycles. The molecule has 2 heterocycles. The van der Waals surface area contributed by atoms with Crippen molar-refractivity contribution in [2.24, 2.45) is 0 Å². The number of methoxy groups -OCH3 is 2. The van der Waals surface area contributed by atoms with Crippen LogP contribution >= 0.6 is 0 Å². The fourth-order valence-electron chi connectivity index (χ4n) is 2.80. The van der Waals surface area contributed by atoms with Gasteiger partial charge in [-0.15, -0.1) is 0 Å². The van der Waals surface area contributed by atoms with Crippen molar-refractivity contribution in [2.45, 2.75) is 25.6 Å². The Morgan fingerprint density at radius 1 is 1.32 bits per heavy atom. The van der Waals surface area contributed by atoms with Crippen molar-refractivity contribution >= 4 is 5.91 Å². The summed E-state index contributed by atoms with van der Waals surface area (Å²) in [7, 11) is 3.27. The summed E-state index contributed by atoms with van der Waals surface area (Å²) in [4.78, 5) is 14.3. The molecular weight excluding hydrogens is 324 g/mol. The number of nitrogens with zero attached hydrogens (tertiary/aromatic N) is 2. The van der Waals surface area contributed by atoms with Crippen LogP contribution in [0.2, 0.25) is 0 Å². The summed E-state index contributed by atoms with van der Waals surface area (Å²) in [5.74, 6) is 1.72. The molecule has 25 heavy (non-hydrogen) atoms. The first-order valence-electron chi connectivity index (χ1n) is 8.24. The molecule has 1 amide bonds. The predicted molar refractivity (Wildman–Crippen MR) is 89.8 cm³/mol. The van der Waals surface area contributed by atoms with Gasteiger partial charge in [0.15, 0.2) is 11.5 Å². The predicted octanol–water partition coefficient (Wildman–Crippen LogP) is 2.51. The van der Waals surface area contributed by atoms with Gasteiger partial charge in [0.25, 0.3) is 5.91 Å². The monoisotopic (exact) mass is 346 g/mol. The number of rotatable bonds is 6. The largest absolute Gasteiger partial charge is 0.497 e. The minimum absolute atomic E-state index is 0.0838. The normalized spacial score (nSPS) is 17.4. The van der Waals surface area contributed by atoms with Crippen LogP contribution in [0.1, 0.15) is 29.1 Å². The van der Waals surface area contributed by atoms with Crippen LogP contribution in [0.25, 0.3) is 0 Å². The van der Waals surface area contributed by atoms with E-state index in [0.29, 0.717) is 36.0 Å². The zero-order valence-corrected chi connectivity index (χ0v) is 14.4. The summed E-state index contributed by atoms with van der Waals surface area (Å²) in [6, 6.07) is 8.90. The quantitative estimate of drug-likeness (QED) is 0.800. The molecule has 0 bridgehead atoms. The molecule has 0 spiro atoms. The van der Waals surface area contributed by atoms with Crippen molar-refractivity contribution in [1.29, 1.82) is 0 Å². The lowest BCUT2D eigenvalue weighted by Crippen LogP contribution is -2.43. The Morgan fingerprint density at radius 2 is 2.16 bits per heavy atom. The summed E-state index contributed by atoms with van der Waals surface area (Å²) >= 11 is 0. The van der Waals surface area contributed by atoms with Gasteiger partial charge in [0.05, 0.1) is 13.2 Å². The van der Waals surface area contributed by atoms with E-state index in [1.807, 2.05) is 18.2 Å². The molecule has 3 rings (SSSR count). The molecule has 1 aliphatic heterocycles. The van der Waals surface area contributed by atoms with Crippen molar-refractivity contribution in [3.8, 4) is 11.5 Å². The third-order valence-electron chi connectivity index (χ3n) is 4.20. The summed E-state index contributed by atoms with van der Waals surface area (Å²) < 4.78 is 21.4. The number of likely N-dealkylation sites (tertiary alicyclic amines) is 1. The summed E-state index contributed by atoms with van der Waals surface area (Å²) in [5.41, 5.74) is 0.293. The smallest absolute Gasteiger partial charge is 0.276 e. The second kappa shape index (κ2) is 8.02. The molecule has 0 radical (unpaired) electrons. The highest BCUT2D eigenvalue weighted by atomic mass is 16.5. The van der Waals surface area contributed by atoms with E-state index in [9.17, 15) is 4.79 Å². The van der Waals surface area contributed by atoms with E-state index in [2.05, 4.69) is 5.16 Å². The van der Waals surface area contributed by atoms with Crippen LogP contribution < -0.4 is 9.47 Å². The number of carbonyl (C=O) groups excluding carboxylic acids is 1. The molecule has 2 aromatic rings. The van der Waals surface area contributed by atoms with E-state index in [1.165, 1.54) is 0 Å². The van der Waals surface area contributed by atoms with E-state index in [-0.39, 0.29) is 18.6 Å². The Bertz CT molecular complexity index is 715. The molecule has 134 valence electrons. The minimum atomic E-state index is -0.141. The SMILES string of the molecule is COc1cccc(OCc2cc(C(=O)N3CCC[C@@H](OC)C3)no2)c1. The molecule has 0 N–H and O–H groups in total. The van der Waals surface area contributed by atoms with Crippen molar-refractivity contribution < 1.29 is 23.5 Å². The highest BCUT2D eigenvalue weighted by molar-refractivity contribution is 5.92. The van der Waals surface area contributed by atoms with E-state index >= 15 is 0 Å². The highest BCUT2D eigenvalue weighted by Crippen LogP contribution is 2.20. The minimum Gasteiger partial charge on any atom is -0.497 e. The average Bonchev–Trinajstić information content (AvgIpc) is 3.15. The van der Waals surface area contributed by atoms with Gasteiger partial charge in [-0.25, -0.2) is 0 Å². The molecule has 1 aromatic carbocycles. The van der Waals surface area contributed by atoms with Crippen LogP contribution in [0, 0.1) is 0 Å². The number of aromatic nitrogens is 1. The summed E-state index contributed by atoms with van der Waals surface area (Å²) in [6.07, 6.45) is 1.98. The molecule has 1 fully saturated rings. The van der Waals surface area contributed by atoms with Crippen molar-refractivity contribution in [1.82, 2.24) is 10.1 Å². The van der Waals surface area contributed by atoms with Gasteiger partial charge in [-0.1, -0.05) is 11.2 Å². The van der Waals surface area contributed by atoms with Crippen LogP contribution in [0.3, 0.4) is 0 Å². The van der Waals surface area contributed by atoms with Gasteiger partial charge in [-0.05, 0) is 25.0 Å². The molecule has 1 saturated heterocycles. The summed E-state index contributed by atoms with van der Waals surface area (Å²) in [5, 5.41) is 3.88. The number of hydrogen-bond acceptors (Lipinski definition) is 6. The number of ether oxygens (including phenoxy) is 3. The fraction of sp³-hybridized carbons (Fsp3) is 0.444. The highest BCUT2D eigenvalue weighted by Gasteiger charge is 2.26. The topological polar surface area (TPSA) is 74.0 Å². The first kappa shape index (κ1) is 17.3. The fourth-order valence-corrected chi connectivity index (χ4v) is 2.80. The maximum atomic E-state index is 12.5. The Kier molecular flexibility index (Phi) is 5.55. The standard InChI is InChI=1S/C18H22N2O5/c1-22-13-5-3-6-14(9-13)24-12-16-10-17(19-25-16)18(21)20-8-4-7-15(11-20)23-2/h3,5-6,9-10,15H,4,7-8,11-12H2,1-2H3/t15-/m1/s1. The third-order valence-corrected chi connectivity index (χ3v) is 4.20. The lowest BCUT2D eigenvalue weighted by molar-refractivity contribution is 0.0263. The van der Waals surface area contributed by atoms with Gasteiger partial charge in [0, 0.05) is 32.3 Å². The second-order valence-corrected chi connectivity index (χ2v) is 5.90. The maximum Gasteiger partial charge on any atom is 0.276 e. The molecule has 1 aromatic heterocycles. The van der Waals surface area contributed by atoms with E-state index < -0.39 is 0 Å². The van der Waals surface area contributed by atoms with Gasteiger partial charge in [-0.2, -0.15) is 0 Å². The molecule has 7 heteroatoms. The molecule has 0 unspecified atom stereocenters. The number of benzene rings is 1. The van der Waals surface area contributed by atoms with Crippen molar-refractivity contribution in [3.05, 3.63) is 41.8 Å². The van der Waals surface area contributed by atoms with Gasteiger partial charge in [0.1, 0.15) is 18.1 Å². The molecular formula is C18H22N2O5. The van der Waals surface area contributed by atoms with Gasteiger partial charge in [0.2, 0.25) is 0 Å². The van der Waals surface area contributed by atoms with E-state index in [4.69, 9.17) is 18.7 Å². The van der Waals surface area contributed by atoms with Gasteiger partial charge in [-0.3, -0.25) is 4.79 Å². The zero-order valence-electron chi connectivity index (χ0n) is 14.4. The number of piperidine rings is 1. The lowest BCUT2D eigenvalue weighted by atomic mass is 10.1. The molecule has 0 aliphatic carbocycles. The Labute approximate surface area is 146 Å². The third kappa shape index (κ3) is 4.30. The second-order valence-electron chi connectivity index (χ2n) is 5.90. The van der Waals surface area contributed by atoms with Crippen molar-refractivity contribution in [3.63, 3.8) is 0 Å².